The second kappa shape index (κ2) is 7.74. The monoisotopic (exact) mass is 280 g/mol. The molecule has 1 aromatic heterocycles. The summed E-state index contributed by atoms with van der Waals surface area (Å²) < 4.78 is 5.54. The molecule has 1 N–H and O–H groups in total. The molecule has 114 valence electrons. The third-order valence-corrected chi connectivity index (χ3v) is 4.15. The molecule has 0 saturated carbocycles. The van der Waals surface area contributed by atoms with Gasteiger partial charge in [0.2, 0.25) is 5.89 Å². The Morgan fingerprint density at radius 3 is 2.45 bits per heavy atom. The Kier molecular flexibility index (Phi) is 5.98. The van der Waals surface area contributed by atoms with E-state index >= 15 is 0 Å². The molecule has 0 spiro atoms. The van der Waals surface area contributed by atoms with Crippen LogP contribution in [0, 0.1) is 0 Å². The van der Waals surface area contributed by atoms with Gasteiger partial charge in [-0.1, -0.05) is 31.8 Å². The maximum Gasteiger partial charge on any atom is 0.229 e. The van der Waals surface area contributed by atoms with Gasteiger partial charge in [0, 0.05) is 32.1 Å². The Hall–Kier alpha value is -0.940. The van der Waals surface area contributed by atoms with Crippen LogP contribution in [0.5, 0.6) is 0 Å². The van der Waals surface area contributed by atoms with Gasteiger partial charge >= 0.3 is 0 Å². The molecule has 2 rings (SSSR count). The van der Waals surface area contributed by atoms with E-state index in [1.165, 1.54) is 0 Å². The quantitative estimate of drug-likeness (QED) is 0.832. The first-order chi connectivity index (χ1) is 9.76. The molecule has 2 heterocycles. The van der Waals surface area contributed by atoms with Crippen LogP contribution in [-0.2, 0) is 0 Å². The van der Waals surface area contributed by atoms with Gasteiger partial charge in [-0.25, -0.2) is 0 Å². The number of piperazine rings is 1. The van der Waals surface area contributed by atoms with Gasteiger partial charge in [-0.15, -0.1) is 0 Å². The van der Waals surface area contributed by atoms with Gasteiger partial charge in [-0.05, 0) is 19.8 Å². The molecule has 1 aliphatic heterocycles. The minimum absolute atomic E-state index is 0.249. The predicted octanol–water partition coefficient (Wildman–Crippen LogP) is 2.72. The molecule has 0 amide bonds. The van der Waals surface area contributed by atoms with E-state index in [-0.39, 0.29) is 6.04 Å². The van der Waals surface area contributed by atoms with Gasteiger partial charge in [-0.2, -0.15) is 4.98 Å². The van der Waals surface area contributed by atoms with Crippen LogP contribution in [0.1, 0.15) is 70.1 Å². The van der Waals surface area contributed by atoms with Gasteiger partial charge in [0.05, 0.1) is 6.04 Å². The molecule has 1 fully saturated rings. The first-order valence-corrected chi connectivity index (χ1v) is 8.04. The zero-order valence-corrected chi connectivity index (χ0v) is 13.1. The molecule has 0 radical (unpaired) electrons. The lowest BCUT2D eigenvalue weighted by molar-refractivity contribution is 0.176. The fraction of sp³-hybridized carbons (Fsp3) is 0.867. The van der Waals surface area contributed by atoms with E-state index < -0.39 is 0 Å². The van der Waals surface area contributed by atoms with Crippen molar-refractivity contribution in [3.05, 3.63) is 11.7 Å². The van der Waals surface area contributed by atoms with Crippen molar-refractivity contribution >= 4 is 0 Å². The zero-order chi connectivity index (χ0) is 14.4. The number of aromatic nitrogens is 2. The summed E-state index contributed by atoms with van der Waals surface area (Å²) in [5, 5.41) is 7.60. The summed E-state index contributed by atoms with van der Waals surface area (Å²) in [6, 6.07) is 0.249. The van der Waals surface area contributed by atoms with Crippen LogP contribution in [-0.4, -0.2) is 41.2 Å². The van der Waals surface area contributed by atoms with Crippen LogP contribution < -0.4 is 5.32 Å². The minimum Gasteiger partial charge on any atom is -0.339 e. The van der Waals surface area contributed by atoms with E-state index in [2.05, 4.69) is 41.1 Å². The molecular weight excluding hydrogens is 252 g/mol. The molecule has 1 unspecified atom stereocenters. The second-order valence-electron chi connectivity index (χ2n) is 5.73. The first-order valence-electron chi connectivity index (χ1n) is 8.04. The number of nitrogens with zero attached hydrogens (tertiary/aromatic N) is 3. The van der Waals surface area contributed by atoms with Crippen molar-refractivity contribution in [1.29, 1.82) is 0 Å². The van der Waals surface area contributed by atoms with Crippen molar-refractivity contribution in [3.8, 4) is 0 Å². The summed E-state index contributed by atoms with van der Waals surface area (Å²) in [7, 11) is 0. The molecule has 0 aromatic carbocycles. The first kappa shape index (κ1) is 15.4. The average molecular weight is 280 g/mol. The SMILES string of the molecule is CCCC(CCC)c1nc(C(C)N2CCNCC2)no1. The number of nitrogens with one attached hydrogen (secondary N) is 1. The third-order valence-electron chi connectivity index (χ3n) is 4.15. The van der Waals surface area contributed by atoms with Crippen LogP contribution in [0.4, 0.5) is 0 Å². The summed E-state index contributed by atoms with van der Waals surface area (Å²) in [5.74, 6) is 2.12. The topological polar surface area (TPSA) is 54.2 Å². The van der Waals surface area contributed by atoms with Crippen LogP contribution >= 0.6 is 0 Å². The maximum absolute atomic E-state index is 5.54. The van der Waals surface area contributed by atoms with Gasteiger partial charge in [-0.3, -0.25) is 4.90 Å². The van der Waals surface area contributed by atoms with Crippen molar-refractivity contribution in [2.75, 3.05) is 26.2 Å². The van der Waals surface area contributed by atoms with E-state index in [0.717, 1.165) is 63.6 Å². The molecule has 1 atom stereocenters. The Bertz CT molecular complexity index is 381. The van der Waals surface area contributed by atoms with Gasteiger partial charge in [0.25, 0.3) is 0 Å². The zero-order valence-electron chi connectivity index (χ0n) is 13.1. The highest BCUT2D eigenvalue weighted by atomic mass is 16.5. The van der Waals surface area contributed by atoms with E-state index in [0.29, 0.717) is 5.92 Å². The van der Waals surface area contributed by atoms with Crippen LogP contribution in [0.25, 0.3) is 0 Å². The minimum atomic E-state index is 0.249. The lowest BCUT2D eigenvalue weighted by Gasteiger charge is -2.30. The highest BCUT2D eigenvalue weighted by Gasteiger charge is 2.24. The lowest BCUT2D eigenvalue weighted by atomic mass is 9.98. The largest absolute Gasteiger partial charge is 0.339 e. The van der Waals surface area contributed by atoms with Gasteiger partial charge in [0.15, 0.2) is 5.82 Å². The van der Waals surface area contributed by atoms with Crippen molar-refractivity contribution in [1.82, 2.24) is 20.4 Å². The smallest absolute Gasteiger partial charge is 0.229 e. The fourth-order valence-electron chi connectivity index (χ4n) is 2.90. The van der Waals surface area contributed by atoms with Gasteiger partial charge < -0.3 is 9.84 Å². The van der Waals surface area contributed by atoms with Crippen LogP contribution in [0.2, 0.25) is 0 Å². The van der Waals surface area contributed by atoms with E-state index in [1.54, 1.807) is 0 Å². The normalized spacial score (nSPS) is 18.6. The molecule has 5 heteroatoms. The molecule has 0 bridgehead atoms. The summed E-state index contributed by atoms with van der Waals surface area (Å²) in [5.41, 5.74) is 0. The highest BCUT2D eigenvalue weighted by molar-refractivity contribution is 4.98. The van der Waals surface area contributed by atoms with E-state index in [9.17, 15) is 0 Å². The van der Waals surface area contributed by atoms with Crippen molar-refractivity contribution < 1.29 is 4.52 Å². The second-order valence-corrected chi connectivity index (χ2v) is 5.73. The number of hydrogen-bond donors (Lipinski definition) is 1. The Labute approximate surface area is 122 Å². The molecule has 0 aliphatic carbocycles. The maximum atomic E-state index is 5.54. The summed E-state index contributed by atoms with van der Waals surface area (Å²) in [6.07, 6.45) is 4.60. The van der Waals surface area contributed by atoms with Crippen molar-refractivity contribution in [3.63, 3.8) is 0 Å². The number of rotatable bonds is 7. The van der Waals surface area contributed by atoms with Crippen LogP contribution in [0.15, 0.2) is 4.52 Å². The fourth-order valence-corrected chi connectivity index (χ4v) is 2.90. The molecule has 1 saturated heterocycles. The van der Waals surface area contributed by atoms with Crippen molar-refractivity contribution in [2.45, 2.75) is 58.4 Å². The van der Waals surface area contributed by atoms with Gasteiger partial charge in [0.1, 0.15) is 0 Å². The standard InChI is InChI=1S/C15H28N4O/c1-4-6-13(7-5-2)15-17-14(18-20-15)12(3)19-10-8-16-9-11-19/h12-13,16H,4-11H2,1-3H3. The predicted molar refractivity (Wildman–Crippen MR) is 79.7 cm³/mol. The Balaban J connectivity index is 2.02. The molecule has 20 heavy (non-hydrogen) atoms. The van der Waals surface area contributed by atoms with E-state index in [1.807, 2.05) is 0 Å². The molecular formula is C15H28N4O. The molecule has 1 aromatic rings. The summed E-state index contributed by atoms with van der Waals surface area (Å²) in [6.45, 7) is 10.8. The van der Waals surface area contributed by atoms with Crippen molar-refractivity contribution in [2.24, 2.45) is 0 Å². The Morgan fingerprint density at radius 1 is 1.20 bits per heavy atom. The summed E-state index contributed by atoms with van der Waals surface area (Å²) >= 11 is 0. The highest BCUT2D eigenvalue weighted by Crippen LogP contribution is 2.27. The third kappa shape index (κ3) is 3.79. The van der Waals surface area contributed by atoms with E-state index in [4.69, 9.17) is 4.52 Å². The lowest BCUT2D eigenvalue weighted by Crippen LogP contribution is -2.44. The number of hydrogen-bond acceptors (Lipinski definition) is 5. The molecule has 1 aliphatic rings. The van der Waals surface area contributed by atoms with Crippen LogP contribution in [0.3, 0.4) is 0 Å². The molecule has 5 nitrogen and oxygen atoms in total. The average Bonchev–Trinajstić information content (AvgIpc) is 2.97. The Morgan fingerprint density at radius 2 is 1.85 bits per heavy atom. The summed E-state index contributed by atoms with van der Waals surface area (Å²) in [4.78, 5) is 7.10.